The summed E-state index contributed by atoms with van der Waals surface area (Å²) in [4.78, 5) is 25.6. The van der Waals surface area contributed by atoms with E-state index in [0.717, 1.165) is 16.7 Å². The van der Waals surface area contributed by atoms with Crippen molar-refractivity contribution < 1.29 is 14.7 Å². The van der Waals surface area contributed by atoms with Crippen molar-refractivity contribution in [1.29, 1.82) is 5.26 Å². The lowest BCUT2D eigenvalue weighted by Crippen LogP contribution is -2.39. The number of halogens is 1. The highest BCUT2D eigenvalue weighted by atomic mass is 35.5. The van der Waals surface area contributed by atoms with Gasteiger partial charge in [-0.15, -0.1) is 0 Å². The van der Waals surface area contributed by atoms with Gasteiger partial charge < -0.3 is 5.11 Å². The highest BCUT2D eigenvalue weighted by molar-refractivity contribution is 6.37. The van der Waals surface area contributed by atoms with Gasteiger partial charge in [-0.25, -0.2) is 0 Å². The zero-order valence-electron chi connectivity index (χ0n) is 16.5. The summed E-state index contributed by atoms with van der Waals surface area (Å²) < 4.78 is 0. The number of carbonyl (C=O) groups excluding carboxylic acids is 2. The molecule has 146 valence electrons. The lowest BCUT2D eigenvalue weighted by atomic mass is 9.70. The molecule has 0 saturated carbocycles. The Hall–Kier alpha value is -3.16. The standard InChI is InChI=1S/C24H20ClNO3/c1-5-14-6-7-16(15-8-9-19(25)17(10-15)12-26)11-18(14)20-21(27)13(2)22(28)24(3,4)23(20)29/h6-11,27H,2,5H2,1,3-4H3. The van der Waals surface area contributed by atoms with Crippen LogP contribution in [0.4, 0.5) is 0 Å². The minimum atomic E-state index is -1.30. The lowest BCUT2D eigenvalue weighted by molar-refractivity contribution is -0.133. The first-order valence-corrected chi connectivity index (χ1v) is 9.56. The molecule has 0 amide bonds. The molecule has 5 heteroatoms. The predicted molar refractivity (Wildman–Crippen MR) is 113 cm³/mol. The highest BCUT2D eigenvalue weighted by Gasteiger charge is 2.46. The van der Waals surface area contributed by atoms with Crippen LogP contribution in [0.2, 0.25) is 5.02 Å². The van der Waals surface area contributed by atoms with E-state index in [9.17, 15) is 20.0 Å². The number of benzene rings is 2. The summed E-state index contributed by atoms with van der Waals surface area (Å²) in [6.45, 7) is 8.73. The van der Waals surface area contributed by atoms with E-state index in [0.29, 0.717) is 22.6 Å². The summed E-state index contributed by atoms with van der Waals surface area (Å²) in [6.07, 6.45) is 0.630. The Labute approximate surface area is 174 Å². The molecule has 29 heavy (non-hydrogen) atoms. The second-order valence-corrected chi connectivity index (χ2v) is 7.92. The van der Waals surface area contributed by atoms with E-state index in [1.165, 1.54) is 0 Å². The smallest absolute Gasteiger partial charge is 0.180 e. The molecule has 0 bridgehead atoms. The summed E-state index contributed by atoms with van der Waals surface area (Å²) in [5.41, 5.74) is 2.03. The average Bonchev–Trinajstić information content (AvgIpc) is 2.71. The maximum absolute atomic E-state index is 13.1. The number of aliphatic hydroxyl groups is 1. The van der Waals surface area contributed by atoms with Gasteiger partial charge in [0.2, 0.25) is 0 Å². The van der Waals surface area contributed by atoms with Gasteiger partial charge in [0.25, 0.3) is 0 Å². The van der Waals surface area contributed by atoms with Crippen molar-refractivity contribution in [3.05, 3.63) is 76.0 Å². The number of aryl methyl sites for hydroxylation is 1. The minimum Gasteiger partial charge on any atom is -0.506 e. The number of ketones is 2. The van der Waals surface area contributed by atoms with Crippen molar-refractivity contribution in [2.45, 2.75) is 27.2 Å². The van der Waals surface area contributed by atoms with Gasteiger partial charge in [0.05, 0.1) is 27.1 Å². The van der Waals surface area contributed by atoms with E-state index in [4.69, 9.17) is 11.6 Å². The summed E-state index contributed by atoms with van der Waals surface area (Å²) in [6, 6.07) is 12.7. The number of hydrogen-bond donors (Lipinski definition) is 1. The van der Waals surface area contributed by atoms with E-state index in [1.54, 1.807) is 38.1 Å². The molecule has 0 aliphatic heterocycles. The zero-order chi connectivity index (χ0) is 21.5. The molecule has 0 unspecified atom stereocenters. The Balaban J connectivity index is 2.26. The Bertz CT molecular complexity index is 1150. The second-order valence-electron chi connectivity index (χ2n) is 7.52. The monoisotopic (exact) mass is 405 g/mol. The molecule has 2 aromatic carbocycles. The first-order valence-electron chi connectivity index (χ1n) is 9.18. The van der Waals surface area contributed by atoms with Gasteiger partial charge in [-0.2, -0.15) is 5.26 Å². The van der Waals surface area contributed by atoms with Crippen LogP contribution in [0.3, 0.4) is 0 Å². The number of carbonyl (C=O) groups is 2. The Morgan fingerprint density at radius 3 is 2.34 bits per heavy atom. The molecular weight excluding hydrogens is 386 g/mol. The second kappa shape index (κ2) is 7.35. The third kappa shape index (κ3) is 3.28. The topological polar surface area (TPSA) is 78.2 Å². The fourth-order valence-electron chi connectivity index (χ4n) is 3.50. The van der Waals surface area contributed by atoms with E-state index >= 15 is 0 Å². The molecule has 0 aromatic heterocycles. The molecule has 1 N–H and O–H groups in total. The first-order chi connectivity index (χ1) is 13.6. The largest absolute Gasteiger partial charge is 0.506 e. The van der Waals surface area contributed by atoms with Crippen LogP contribution in [0.5, 0.6) is 0 Å². The summed E-state index contributed by atoms with van der Waals surface area (Å²) >= 11 is 6.03. The number of allylic oxidation sites excluding steroid dienone is 2. The van der Waals surface area contributed by atoms with Gasteiger partial charge in [0.1, 0.15) is 11.8 Å². The summed E-state index contributed by atoms with van der Waals surface area (Å²) in [7, 11) is 0. The molecule has 4 nitrogen and oxygen atoms in total. The highest BCUT2D eigenvalue weighted by Crippen LogP contribution is 2.41. The zero-order valence-corrected chi connectivity index (χ0v) is 17.2. The molecule has 0 spiro atoms. The molecule has 0 heterocycles. The third-order valence-electron chi connectivity index (χ3n) is 5.34. The Morgan fingerprint density at radius 2 is 1.72 bits per heavy atom. The molecule has 1 aliphatic rings. The van der Waals surface area contributed by atoms with E-state index in [1.807, 2.05) is 19.1 Å². The molecule has 0 atom stereocenters. The number of Topliss-reactive ketones (excluding diaryl/α,β-unsaturated/α-hetero) is 2. The van der Waals surface area contributed by atoms with Gasteiger partial charge in [0.15, 0.2) is 11.6 Å². The van der Waals surface area contributed by atoms with Crippen molar-refractivity contribution in [3.8, 4) is 17.2 Å². The number of nitrogens with zero attached hydrogens (tertiary/aromatic N) is 1. The van der Waals surface area contributed by atoms with Crippen LogP contribution >= 0.6 is 11.6 Å². The van der Waals surface area contributed by atoms with Crippen molar-refractivity contribution in [3.63, 3.8) is 0 Å². The van der Waals surface area contributed by atoms with Crippen molar-refractivity contribution in [2.24, 2.45) is 5.41 Å². The van der Waals surface area contributed by atoms with Gasteiger partial charge in [-0.1, -0.05) is 43.3 Å². The molecule has 0 saturated heterocycles. The number of rotatable bonds is 3. The average molecular weight is 406 g/mol. The number of hydrogen-bond acceptors (Lipinski definition) is 4. The van der Waals surface area contributed by atoms with Gasteiger partial charge >= 0.3 is 0 Å². The van der Waals surface area contributed by atoms with Gasteiger partial charge in [-0.3, -0.25) is 9.59 Å². The third-order valence-corrected chi connectivity index (χ3v) is 5.67. The first kappa shape index (κ1) is 20.6. The van der Waals surface area contributed by atoms with Crippen LogP contribution in [0.1, 0.15) is 37.5 Å². The summed E-state index contributed by atoms with van der Waals surface area (Å²) in [5.74, 6) is -1.29. The minimum absolute atomic E-state index is 0.0599. The van der Waals surface area contributed by atoms with Gasteiger partial charge in [0, 0.05) is 0 Å². The number of aliphatic hydroxyl groups excluding tert-OH is 1. The van der Waals surface area contributed by atoms with Crippen LogP contribution in [0.15, 0.2) is 54.3 Å². The van der Waals surface area contributed by atoms with Crippen LogP contribution < -0.4 is 0 Å². The quantitative estimate of drug-likeness (QED) is 0.544. The number of nitriles is 1. The summed E-state index contributed by atoms with van der Waals surface area (Å²) in [5, 5.41) is 20.3. The fourth-order valence-corrected chi connectivity index (χ4v) is 3.66. The van der Waals surface area contributed by atoms with E-state index in [2.05, 4.69) is 12.6 Å². The SMILES string of the molecule is C=C1C(=O)C(C)(C)C(=O)C(c2cc(-c3ccc(Cl)c(C#N)c3)ccc2CC)=C1O. The van der Waals surface area contributed by atoms with Crippen LogP contribution in [-0.4, -0.2) is 16.7 Å². The molecule has 0 fully saturated rings. The molecule has 3 rings (SSSR count). The Morgan fingerprint density at radius 1 is 1.10 bits per heavy atom. The molecular formula is C24H20ClNO3. The van der Waals surface area contributed by atoms with E-state index < -0.39 is 17.0 Å². The van der Waals surface area contributed by atoms with Crippen molar-refractivity contribution in [2.75, 3.05) is 0 Å². The van der Waals surface area contributed by atoms with E-state index in [-0.39, 0.29) is 16.9 Å². The van der Waals surface area contributed by atoms with Crippen molar-refractivity contribution in [1.82, 2.24) is 0 Å². The van der Waals surface area contributed by atoms with Crippen LogP contribution in [0, 0.1) is 16.7 Å². The fraction of sp³-hybridized carbons (Fsp3) is 0.208. The lowest BCUT2D eigenvalue weighted by Gasteiger charge is -2.30. The van der Waals surface area contributed by atoms with Crippen molar-refractivity contribution >= 4 is 28.7 Å². The maximum atomic E-state index is 13.1. The van der Waals surface area contributed by atoms with Crippen LogP contribution in [-0.2, 0) is 16.0 Å². The maximum Gasteiger partial charge on any atom is 0.180 e. The van der Waals surface area contributed by atoms with Crippen LogP contribution in [0.25, 0.3) is 16.7 Å². The molecule has 0 radical (unpaired) electrons. The molecule has 1 aliphatic carbocycles. The predicted octanol–water partition coefficient (Wildman–Crippen LogP) is 5.44. The Kier molecular flexibility index (Phi) is 5.21. The normalized spacial score (nSPS) is 16.2. The molecule has 2 aromatic rings. The van der Waals surface area contributed by atoms with Gasteiger partial charge in [-0.05, 0) is 60.7 Å².